The van der Waals surface area contributed by atoms with Crippen LogP contribution in [-0.4, -0.2) is 21.0 Å². The first kappa shape index (κ1) is 11.2. The van der Waals surface area contributed by atoms with Gasteiger partial charge in [0.2, 0.25) is 11.4 Å². The van der Waals surface area contributed by atoms with Crippen molar-refractivity contribution in [1.29, 1.82) is 0 Å². The van der Waals surface area contributed by atoms with Crippen LogP contribution in [0.3, 0.4) is 0 Å². The molecule has 0 saturated carbocycles. The Labute approximate surface area is 106 Å². The number of hydrogen-bond acceptors (Lipinski definition) is 4. The molecule has 0 fully saturated rings. The highest BCUT2D eigenvalue weighted by Crippen LogP contribution is 2.23. The van der Waals surface area contributed by atoms with E-state index in [1.54, 1.807) is 18.2 Å². The number of carbonyl (C=O) groups is 1. The highest BCUT2D eigenvalue weighted by molar-refractivity contribution is 5.92. The summed E-state index contributed by atoms with van der Waals surface area (Å²) in [6.45, 7) is 0. The van der Waals surface area contributed by atoms with E-state index in [0.717, 1.165) is 0 Å². The number of nitrogens with zero attached hydrogens (tertiary/aromatic N) is 1. The van der Waals surface area contributed by atoms with Gasteiger partial charge in [0.1, 0.15) is 11.2 Å². The highest BCUT2D eigenvalue weighted by atomic mass is 16.4. The van der Waals surface area contributed by atoms with E-state index < -0.39 is 5.97 Å². The minimum Gasteiger partial charge on any atom is -0.478 e. The molecule has 2 N–H and O–H groups in total. The Morgan fingerprint density at radius 1 is 1.26 bits per heavy atom. The summed E-state index contributed by atoms with van der Waals surface area (Å²) in [5.74, 6) is -0.789. The van der Waals surface area contributed by atoms with Crippen LogP contribution in [0.1, 0.15) is 10.4 Å². The number of nitrogens with one attached hydrogen (secondary N) is 1. The topological polar surface area (TPSA) is 96.2 Å². The maximum absolute atomic E-state index is 11.2. The van der Waals surface area contributed by atoms with Crippen molar-refractivity contribution in [2.24, 2.45) is 0 Å². The average Bonchev–Trinajstić information content (AvgIpc) is 2.81. The molecule has 0 aliphatic carbocycles. The van der Waals surface area contributed by atoms with Crippen LogP contribution in [-0.2, 0) is 0 Å². The van der Waals surface area contributed by atoms with Crippen LogP contribution in [0.5, 0.6) is 0 Å². The molecule has 0 spiro atoms. The van der Waals surface area contributed by atoms with Crippen LogP contribution in [0.15, 0.2) is 45.6 Å². The third-order valence-corrected chi connectivity index (χ3v) is 2.63. The van der Waals surface area contributed by atoms with Crippen LogP contribution in [0.2, 0.25) is 0 Å². The normalized spacial score (nSPS) is 10.7. The van der Waals surface area contributed by atoms with Gasteiger partial charge in [-0.15, -0.1) is 0 Å². The molecule has 2 aromatic heterocycles. The smallest absolute Gasteiger partial charge is 0.335 e. The number of aromatic carboxylic acids is 1. The van der Waals surface area contributed by atoms with E-state index in [0.29, 0.717) is 16.8 Å². The summed E-state index contributed by atoms with van der Waals surface area (Å²) < 4.78 is 5.46. The van der Waals surface area contributed by atoms with E-state index in [1.165, 1.54) is 18.2 Å². The number of hydrogen-bond donors (Lipinski definition) is 2. The fourth-order valence-electron chi connectivity index (χ4n) is 1.75. The van der Waals surface area contributed by atoms with Gasteiger partial charge in [0, 0.05) is 6.07 Å². The second kappa shape index (κ2) is 4.09. The van der Waals surface area contributed by atoms with Gasteiger partial charge in [0.05, 0.1) is 5.56 Å². The lowest BCUT2D eigenvalue weighted by Crippen LogP contribution is -2.03. The van der Waals surface area contributed by atoms with Crippen LogP contribution in [0, 0.1) is 0 Å². The number of carboxylic acids is 1. The van der Waals surface area contributed by atoms with Gasteiger partial charge in [0.25, 0.3) is 0 Å². The van der Waals surface area contributed by atoms with Gasteiger partial charge in [-0.1, -0.05) is 6.07 Å². The number of rotatable bonds is 2. The molecule has 0 radical (unpaired) electrons. The molecule has 19 heavy (non-hydrogen) atoms. The molecule has 0 aliphatic heterocycles. The Kier molecular flexibility index (Phi) is 2.42. The summed E-state index contributed by atoms with van der Waals surface area (Å²) >= 11 is 0. The molecule has 1 aromatic carbocycles. The zero-order valence-electron chi connectivity index (χ0n) is 9.58. The first-order valence-corrected chi connectivity index (χ1v) is 5.47. The fourth-order valence-corrected chi connectivity index (χ4v) is 1.75. The summed E-state index contributed by atoms with van der Waals surface area (Å²) in [6.07, 6.45) is 0. The van der Waals surface area contributed by atoms with Crippen molar-refractivity contribution in [2.45, 2.75) is 0 Å². The lowest BCUT2D eigenvalue weighted by atomic mass is 10.2. The molecule has 94 valence electrons. The van der Waals surface area contributed by atoms with Gasteiger partial charge < -0.3 is 14.5 Å². The Morgan fingerprint density at radius 3 is 2.84 bits per heavy atom. The van der Waals surface area contributed by atoms with E-state index in [2.05, 4.69) is 9.97 Å². The van der Waals surface area contributed by atoms with Crippen molar-refractivity contribution in [3.63, 3.8) is 0 Å². The monoisotopic (exact) mass is 256 g/mol. The quantitative estimate of drug-likeness (QED) is 0.729. The van der Waals surface area contributed by atoms with E-state index in [4.69, 9.17) is 9.52 Å². The molecule has 6 heteroatoms. The van der Waals surface area contributed by atoms with Crippen molar-refractivity contribution in [1.82, 2.24) is 9.97 Å². The van der Waals surface area contributed by atoms with Gasteiger partial charge in [0.15, 0.2) is 5.58 Å². The number of fused-ring (bicyclic) bond motifs is 1. The van der Waals surface area contributed by atoms with Crippen molar-refractivity contribution >= 4 is 17.1 Å². The molecule has 0 saturated heterocycles. The maximum Gasteiger partial charge on any atom is 0.335 e. The van der Waals surface area contributed by atoms with E-state index in [9.17, 15) is 9.59 Å². The Bertz CT molecular complexity index is 832. The van der Waals surface area contributed by atoms with E-state index >= 15 is 0 Å². The predicted molar refractivity (Wildman–Crippen MR) is 67.0 cm³/mol. The summed E-state index contributed by atoms with van der Waals surface area (Å²) in [4.78, 5) is 28.9. The molecule has 3 rings (SSSR count). The molecule has 0 bridgehead atoms. The number of H-pyrrole nitrogens is 1. The molecule has 6 nitrogen and oxygen atoms in total. The second-order valence-electron chi connectivity index (χ2n) is 3.94. The number of aromatic nitrogens is 2. The minimum absolute atomic E-state index is 0.122. The third kappa shape index (κ3) is 1.99. The Morgan fingerprint density at radius 2 is 2.11 bits per heavy atom. The number of pyridine rings is 1. The molecule has 2 heterocycles. The number of aromatic amines is 1. The maximum atomic E-state index is 11.2. The van der Waals surface area contributed by atoms with Crippen LogP contribution in [0.25, 0.3) is 22.7 Å². The van der Waals surface area contributed by atoms with Crippen LogP contribution < -0.4 is 5.56 Å². The Hall–Kier alpha value is -2.89. The lowest BCUT2D eigenvalue weighted by Gasteiger charge is -1.92. The lowest BCUT2D eigenvalue weighted by molar-refractivity contribution is 0.0697. The number of benzene rings is 1. The largest absolute Gasteiger partial charge is 0.478 e. The first-order valence-electron chi connectivity index (χ1n) is 5.47. The van der Waals surface area contributed by atoms with Gasteiger partial charge in [-0.2, -0.15) is 0 Å². The first-order chi connectivity index (χ1) is 9.13. The van der Waals surface area contributed by atoms with Crippen molar-refractivity contribution in [2.75, 3.05) is 0 Å². The average molecular weight is 256 g/mol. The summed E-state index contributed by atoms with van der Waals surface area (Å²) in [6, 6.07) is 9.04. The Balaban J connectivity index is 2.16. The third-order valence-electron chi connectivity index (χ3n) is 2.63. The molecular weight excluding hydrogens is 248 g/mol. The summed E-state index contributed by atoms with van der Waals surface area (Å²) in [5, 5.41) is 8.89. The summed E-state index contributed by atoms with van der Waals surface area (Å²) in [7, 11) is 0. The number of carboxylic acid groups (broad SMARTS) is 1. The summed E-state index contributed by atoms with van der Waals surface area (Å²) in [5.41, 5.74) is 1.20. The van der Waals surface area contributed by atoms with E-state index in [1.807, 2.05) is 0 Å². The van der Waals surface area contributed by atoms with Gasteiger partial charge in [-0.05, 0) is 24.3 Å². The number of oxazole rings is 1. The molecule has 0 atom stereocenters. The van der Waals surface area contributed by atoms with Gasteiger partial charge in [-0.25, -0.2) is 9.78 Å². The standard InChI is InChI=1S/C13H8N2O4/c16-11-3-1-2-9(14-11)12-15-8-5-4-7(13(17)18)6-10(8)19-12/h1-6H,(H,14,16)(H,17,18). The zero-order valence-corrected chi connectivity index (χ0v) is 9.58. The van der Waals surface area contributed by atoms with Crippen molar-refractivity contribution in [3.05, 3.63) is 52.3 Å². The SMILES string of the molecule is O=C(O)c1ccc2nc(-c3cccc(=O)[nH]3)oc2c1. The van der Waals surface area contributed by atoms with Gasteiger partial charge >= 0.3 is 5.97 Å². The van der Waals surface area contributed by atoms with E-state index in [-0.39, 0.29) is 17.0 Å². The zero-order chi connectivity index (χ0) is 13.4. The molecule has 0 aliphatic rings. The highest BCUT2D eigenvalue weighted by Gasteiger charge is 2.11. The molecule has 3 aromatic rings. The predicted octanol–water partition coefficient (Wildman–Crippen LogP) is 1.88. The van der Waals surface area contributed by atoms with Crippen molar-refractivity contribution in [3.8, 4) is 11.6 Å². The van der Waals surface area contributed by atoms with Crippen LogP contribution in [0.4, 0.5) is 0 Å². The molecular formula is C13H8N2O4. The molecule has 0 unspecified atom stereocenters. The van der Waals surface area contributed by atoms with Gasteiger partial charge in [-0.3, -0.25) is 4.79 Å². The van der Waals surface area contributed by atoms with Crippen LogP contribution >= 0.6 is 0 Å². The van der Waals surface area contributed by atoms with Crippen molar-refractivity contribution < 1.29 is 14.3 Å². The fraction of sp³-hybridized carbons (Fsp3) is 0. The minimum atomic E-state index is -1.03. The molecule has 0 amide bonds. The second-order valence-corrected chi connectivity index (χ2v) is 3.94.